The summed E-state index contributed by atoms with van der Waals surface area (Å²) in [5.41, 5.74) is 10.5. The molecule has 5 N–H and O–H groups in total. The van der Waals surface area contributed by atoms with Crippen molar-refractivity contribution in [2.24, 2.45) is 11.5 Å². The molecule has 11 heteroatoms. The maximum atomic E-state index is 15.7. The first-order valence-corrected chi connectivity index (χ1v) is 11.3. The topological polar surface area (TPSA) is 116 Å². The van der Waals surface area contributed by atoms with E-state index in [0.717, 1.165) is 17.7 Å². The lowest BCUT2D eigenvalue weighted by Crippen LogP contribution is -2.60. The van der Waals surface area contributed by atoms with E-state index >= 15 is 4.39 Å². The lowest BCUT2D eigenvalue weighted by atomic mass is 9.83. The highest BCUT2D eigenvalue weighted by Crippen LogP contribution is 2.48. The molecule has 1 saturated carbocycles. The Bertz CT molecular complexity index is 1340. The molecule has 172 valence electrons. The molecule has 3 unspecified atom stereocenters. The number of methoxy groups -OCH3 is 1. The van der Waals surface area contributed by atoms with Gasteiger partial charge in [-0.1, -0.05) is 0 Å². The summed E-state index contributed by atoms with van der Waals surface area (Å²) in [4.78, 5) is 28.6. The largest absolute Gasteiger partial charge is 0.498 e. The summed E-state index contributed by atoms with van der Waals surface area (Å²) in [5, 5.41) is 0.0667. The van der Waals surface area contributed by atoms with Crippen LogP contribution in [0.4, 0.5) is 13.2 Å². The van der Waals surface area contributed by atoms with Crippen molar-refractivity contribution in [1.29, 1.82) is 0 Å². The number of H-pyrrole nitrogens is 1. The Morgan fingerprint density at radius 2 is 2.06 bits per heavy atom. The van der Waals surface area contributed by atoms with Crippen LogP contribution in [-0.2, 0) is 11.2 Å². The van der Waals surface area contributed by atoms with Crippen molar-refractivity contribution in [3.8, 4) is 0 Å². The number of ether oxygens (including phenoxy) is 1. The second-order valence-corrected chi connectivity index (χ2v) is 9.73. The Hall–Kier alpha value is -2.53. The molecule has 0 bridgehead atoms. The zero-order valence-corrected chi connectivity index (χ0v) is 18.1. The lowest BCUT2D eigenvalue weighted by Gasteiger charge is -2.30. The summed E-state index contributed by atoms with van der Waals surface area (Å²) in [6.45, 7) is -0.228. The van der Waals surface area contributed by atoms with Crippen LogP contribution < -0.4 is 33.3 Å². The van der Waals surface area contributed by atoms with E-state index in [4.69, 9.17) is 16.2 Å². The van der Waals surface area contributed by atoms with Gasteiger partial charge in [-0.15, -0.1) is 11.3 Å². The number of thiophene rings is 1. The van der Waals surface area contributed by atoms with Crippen LogP contribution in [0.1, 0.15) is 52.5 Å². The van der Waals surface area contributed by atoms with E-state index in [1.54, 1.807) is 6.07 Å². The maximum absolute atomic E-state index is 15.7. The predicted octanol–water partition coefficient (Wildman–Crippen LogP) is 0.514. The van der Waals surface area contributed by atoms with Crippen molar-refractivity contribution >= 4 is 22.8 Å². The Morgan fingerprint density at radius 1 is 1.34 bits per heavy atom. The number of halogens is 3. The Balaban J connectivity index is 1.78. The van der Waals surface area contributed by atoms with Gasteiger partial charge in [-0.2, -0.15) is 0 Å². The third kappa shape index (κ3) is 2.97. The number of rotatable bonds is 4. The number of nitrogens with one attached hydrogen (secondary N) is 1. The van der Waals surface area contributed by atoms with Crippen LogP contribution in [0.15, 0.2) is 15.7 Å². The minimum Gasteiger partial charge on any atom is -0.498 e. The first-order valence-electron chi connectivity index (χ1n) is 10.5. The maximum Gasteiger partial charge on any atom is 0.329 e. The van der Waals surface area contributed by atoms with Crippen LogP contribution in [0.2, 0.25) is 0 Å². The Morgan fingerprint density at radius 3 is 2.69 bits per heavy atom. The second kappa shape index (κ2) is 7.24. The first kappa shape index (κ1) is 21.3. The van der Waals surface area contributed by atoms with Crippen LogP contribution in [0, 0.1) is 0 Å². The molecule has 1 fully saturated rings. The van der Waals surface area contributed by atoms with Crippen LogP contribution in [0.5, 0.6) is 0 Å². The SMILES string of the molecule is COC1=c2c(c(=O)[nH]c(=O)n2C2CC2)=C(N)C(F)C1c1cc2c(s1)CCC(F)(F)C2CN. The number of alkyl halides is 3. The fraction of sp³-hybridized carbons (Fsp3) is 0.524. The van der Waals surface area contributed by atoms with Crippen molar-refractivity contribution in [3.63, 3.8) is 0 Å². The van der Waals surface area contributed by atoms with Gasteiger partial charge in [0.1, 0.15) is 5.76 Å². The molecule has 3 aliphatic carbocycles. The Kier molecular flexibility index (Phi) is 4.82. The van der Waals surface area contributed by atoms with Gasteiger partial charge in [0.25, 0.3) is 11.5 Å². The standard InChI is InChI=1S/C21H23F3N4O3S/c1-31-18-13(12-6-9-10(7-25)21(23,24)5-4-11(9)32-12)15(22)16(26)14-17(18)28(8-2-3-8)20(30)27-19(14)29/h6,8,10,13,15H,2-5,7,25-26H2,1H3,(H,27,29,30). The van der Waals surface area contributed by atoms with Gasteiger partial charge in [0.2, 0.25) is 0 Å². The summed E-state index contributed by atoms with van der Waals surface area (Å²) < 4.78 is 51.6. The molecule has 3 atom stereocenters. The molecule has 2 aromatic rings. The van der Waals surface area contributed by atoms with Crippen LogP contribution in [0.25, 0.3) is 11.5 Å². The highest BCUT2D eigenvalue weighted by Gasteiger charge is 2.46. The number of aryl methyl sites for hydroxylation is 1. The van der Waals surface area contributed by atoms with Gasteiger partial charge in [0.15, 0.2) is 6.17 Å². The molecule has 0 amide bonds. The van der Waals surface area contributed by atoms with Gasteiger partial charge < -0.3 is 16.2 Å². The third-order valence-electron chi connectivity index (χ3n) is 6.64. The van der Waals surface area contributed by atoms with Gasteiger partial charge in [-0.3, -0.25) is 14.3 Å². The fourth-order valence-electron chi connectivity index (χ4n) is 4.92. The van der Waals surface area contributed by atoms with Gasteiger partial charge in [0, 0.05) is 28.8 Å². The molecule has 0 saturated heterocycles. The average molecular weight is 469 g/mol. The highest BCUT2D eigenvalue weighted by atomic mass is 32.1. The molecule has 5 rings (SSSR count). The number of hydrogen-bond acceptors (Lipinski definition) is 6. The monoisotopic (exact) mass is 468 g/mol. The van der Waals surface area contributed by atoms with Gasteiger partial charge in [0.05, 0.1) is 35.2 Å². The molecule has 0 aliphatic heterocycles. The van der Waals surface area contributed by atoms with Gasteiger partial charge in [-0.25, -0.2) is 18.0 Å². The average Bonchev–Trinajstić information content (AvgIpc) is 3.48. The molecule has 2 heterocycles. The highest BCUT2D eigenvalue weighted by molar-refractivity contribution is 7.12. The van der Waals surface area contributed by atoms with Gasteiger partial charge in [-0.05, 0) is 30.9 Å². The molecule has 2 aromatic heterocycles. The molecular formula is C21H23F3N4O3S. The summed E-state index contributed by atoms with van der Waals surface area (Å²) >= 11 is 1.23. The molecule has 0 spiro atoms. The van der Waals surface area contributed by atoms with E-state index in [0.29, 0.717) is 10.4 Å². The van der Waals surface area contributed by atoms with Crippen molar-refractivity contribution in [2.45, 2.75) is 55.7 Å². The van der Waals surface area contributed by atoms with Crippen molar-refractivity contribution in [1.82, 2.24) is 9.55 Å². The number of aromatic nitrogens is 2. The van der Waals surface area contributed by atoms with Crippen molar-refractivity contribution < 1.29 is 17.9 Å². The molecule has 0 aromatic carbocycles. The van der Waals surface area contributed by atoms with E-state index in [1.165, 1.54) is 23.0 Å². The van der Waals surface area contributed by atoms with E-state index in [1.807, 2.05) is 0 Å². The summed E-state index contributed by atoms with van der Waals surface area (Å²) in [6.07, 6.45) is -0.502. The van der Waals surface area contributed by atoms with Crippen molar-refractivity contribution in [2.75, 3.05) is 13.7 Å². The molecular weight excluding hydrogens is 445 g/mol. The quantitative estimate of drug-likeness (QED) is 0.605. The predicted molar refractivity (Wildman–Crippen MR) is 114 cm³/mol. The van der Waals surface area contributed by atoms with Gasteiger partial charge >= 0.3 is 5.69 Å². The van der Waals surface area contributed by atoms with E-state index in [-0.39, 0.29) is 47.5 Å². The summed E-state index contributed by atoms with van der Waals surface area (Å²) in [5.74, 6) is -5.04. The summed E-state index contributed by atoms with van der Waals surface area (Å²) in [6, 6.07) is 1.42. The van der Waals surface area contributed by atoms with Crippen LogP contribution in [-0.4, -0.2) is 35.3 Å². The van der Waals surface area contributed by atoms with E-state index < -0.39 is 35.2 Å². The van der Waals surface area contributed by atoms with Crippen molar-refractivity contribution in [3.05, 3.63) is 52.8 Å². The molecule has 7 nitrogen and oxygen atoms in total. The molecule has 32 heavy (non-hydrogen) atoms. The number of nitrogens with two attached hydrogens (primary N) is 2. The normalized spacial score (nSPS) is 26.6. The minimum absolute atomic E-state index is 0.103. The van der Waals surface area contributed by atoms with E-state index in [2.05, 4.69) is 4.98 Å². The zero-order valence-electron chi connectivity index (χ0n) is 17.3. The first-order chi connectivity index (χ1) is 15.2. The molecule has 3 aliphatic rings. The fourth-order valence-corrected chi connectivity index (χ4v) is 6.27. The number of fused-ring (bicyclic) bond motifs is 2. The number of nitrogens with zero attached hydrogens (tertiary/aromatic N) is 1. The minimum atomic E-state index is -2.94. The van der Waals surface area contributed by atoms with E-state index in [9.17, 15) is 18.4 Å². The second-order valence-electron chi connectivity index (χ2n) is 8.56. The van der Waals surface area contributed by atoms with Crippen LogP contribution in [0.3, 0.4) is 0 Å². The summed E-state index contributed by atoms with van der Waals surface area (Å²) in [7, 11) is 1.34. The van der Waals surface area contributed by atoms with Crippen LogP contribution >= 0.6 is 11.3 Å². The zero-order chi connectivity index (χ0) is 22.9. The smallest absolute Gasteiger partial charge is 0.329 e. The molecule has 0 radical (unpaired) electrons. The number of hydrogen-bond donors (Lipinski definition) is 3. The Labute approximate surface area is 184 Å². The lowest BCUT2D eigenvalue weighted by molar-refractivity contribution is -0.0381. The number of aromatic amines is 1. The third-order valence-corrected chi connectivity index (χ3v) is 7.94.